The van der Waals surface area contributed by atoms with E-state index in [-0.39, 0.29) is 23.4 Å². The van der Waals surface area contributed by atoms with Crippen molar-refractivity contribution in [1.29, 1.82) is 0 Å². The van der Waals surface area contributed by atoms with Crippen LogP contribution in [0.4, 0.5) is 0 Å². The predicted octanol–water partition coefficient (Wildman–Crippen LogP) is 3.29. The van der Waals surface area contributed by atoms with Gasteiger partial charge in [-0.25, -0.2) is 13.4 Å². The third-order valence-corrected chi connectivity index (χ3v) is 6.06. The Morgan fingerprint density at radius 2 is 1.52 bits per heavy atom. The molecule has 2 aromatic heterocycles. The van der Waals surface area contributed by atoms with Crippen LogP contribution in [0.1, 0.15) is 22.3 Å². The second-order valence-electron chi connectivity index (χ2n) is 6.93. The molecule has 0 aliphatic heterocycles. The molecule has 2 aromatic carbocycles. The molecule has 7 nitrogen and oxygen atoms in total. The predicted molar refractivity (Wildman–Crippen MR) is 108 cm³/mol. The Hall–Kier alpha value is -3.26. The van der Waals surface area contributed by atoms with E-state index in [0.717, 1.165) is 16.7 Å². The van der Waals surface area contributed by atoms with E-state index >= 15 is 0 Å². The van der Waals surface area contributed by atoms with E-state index in [1.165, 1.54) is 10.6 Å². The lowest BCUT2D eigenvalue weighted by molar-refractivity contribution is 0.290. The molecule has 0 aliphatic rings. The number of imidazole rings is 1. The second-order valence-corrected chi connectivity index (χ2v) is 8.81. The van der Waals surface area contributed by atoms with Gasteiger partial charge >= 0.3 is 0 Å². The Morgan fingerprint density at radius 1 is 0.897 bits per heavy atom. The van der Waals surface area contributed by atoms with E-state index < -0.39 is 9.84 Å². The van der Waals surface area contributed by atoms with E-state index in [2.05, 4.69) is 15.2 Å². The lowest BCUT2D eigenvalue weighted by Crippen LogP contribution is -2.14. The molecule has 0 radical (unpaired) electrons. The molecule has 0 fully saturated rings. The van der Waals surface area contributed by atoms with Gasteiger partial charge in [0.2, 0.25) is 15.5 Å². The van der Waals surface area contributed by atoms with Crippen LogP contribution in [-0.4, -0.2) is 28.0 Å². The number of fused-ring (bicyclic) bond motifs is 1. The molecule has 29 heavy (non-hydrogen) atoms. The molecule has 4 rings (SSSR count). The highest BCUT2D eigenvalue weighted by Gasteiger charge is 2.23. The average molecular weight is 408 g/mol. The summed E-state index contributed by atoms with van der Waals surface area (Å²) in [5, 5.41) is 7.79. The highest BCUT2D eigenvalue weighted by atomic mass is 32.2. The number of hydrogen-bond acceptors (Lipinski definition) is 6. The summed E-state index contributed by atoms with van der Waals surface area (Å²) in [6, 6.07) is 15.3. The lowest BCUT2D eigenvalue weighted by atomic mass is 10.2. The zero-order chi connectivity index (χ0) is 20.4. The van der Waals surface area contributed by atoms with Gasteiger partial charge in [0, 0.05) is 12.4 Å². The molecule has 148 valence electrons. The zero-order valence-electron chi connectivity index (χ0n) is 16.1. The van der Waals surface area contributed by atoms with Gasteiger partial charge in [0.15, 0.2) is 0 Å². The van der Waals surface area contributed by atoms with E-state index in [0.29, 0.717) is 11.2 Å². The van der Waals surface area contributed by atoms with Crippen LogP contribution in [0.25, 0.3) is 5.65 Å². The molecule has 0 saturated carbocycles. The summed E-state index contributed by atoms with van der Waals surface area (Å²) in [5.41, 5.74) is 4.20. The summed E-state index contributed by atoms with van der Waals surface area (Å²) < 4.78 is 33.0. The van der Waals surface area contributed by atoms with Crippen LogP contribution in [-0.2, 0) is 22.2 Å². The normalized spacial score (nSPS) is 11.7. The molecular formula is C21H20N4O3S. The molecule has 8 heteroatoms. The monoisotopic (exact) mass is 408 g/mol. The molecule has 0 spiro atoms. The first kappa shape index (κ1) is 19.1. The molecule has 0 amide bonds. The maximum absolute atomic E-state index is 12.9. The van der Waals surface area contributed by atoms with E-state index in [4.69, 9.17) is 4.74 Å². The Bertz CT molecular complexity index is 1250. The summed E-state index contributed by atoms with van der Waals surface area (Å²) >= 11 is 0. The van der Waals surface area contributed by atoms with Gasteiger partial charge in [-0.3, -0.25) is 4.40 Å². The third kappa shape index (κ3) is 4.12. The maximum Gasteiger partial charge on any atom is 0.278 e. The SMILES string of the molecule is Cc1ccc(COc2nnc(S(=O)(=O)Cc3ccc(C)cc3)n3ccnc23)cc1. The summed E-state index contributed by atoms with van der Waals surface area (Å²) in [5.74, 6) is 0.0172. The van der Waals surface area contributed by atoms with Crippen molar-refractivity contribution >= 4 is 15.5 Å². The fourth-order valence-electron chi connectivity index (χ4n) is 2.91. The molecule has 0 saturated heterocycles. The van der Waals surface area contributed by atoms with E-state index in [1.54, 1.807) is 18.3 Å². The van der Waals surface area contributed by atoms with Crippen molar-refractivity contribution in [3.05, 3.63) is 83.2 Å². The summed E-state index contributed by atoms with van der Waals surface area (Å²) in [4.78, 5) is 4.21. The van der Waals surface area contributed by atoms with Gasteiger partial charge in [-0.2, -0.15) is 0 Å². The number of hydrogen-bond donors (Lipinski definition) is 0. The van der Waals surface area contributed by atoms with Crippen molar-refractivity contribution in [3.8, 4) is 5.88 Å². The quantitative estimate of drug-likeness (QED) is 0.487. The van der Waals surface area contributed by atoms with Crippen molar-refractivity contribution in [1.82, 2.24) is 19.6 Å². The smallest absolute Gasteiger partial charge is 0.278 e. The van der Waals surface area contributed by atoms with Crippen LogP contribution in [0.2, 0.25) is 0 Å². The van der Waals surface area contributed by atoms with E-state index in [9.17, 15) is 8.42 Å². The lowest BCUT2D eigenvalue weighted by Gasteiger charge is -2.10. The van der Waals surface area contributed by atoms with Crippen LogP contribution < -0.4 is 4.74 Å². The Morgan fingerprint density at radius 3 is 2.17 bits per heavy atom. The van der Waals surface area contributed by atoms with Gasteiger partial charge in [-0.05, 0) is 25.0 Å². The van der Waals surface area contributed by atoms with Gasteiger partial charge < -0.3 is 4.74 Å². The number of nitrogens with zero attached hydrogens (tertiary/aromatic N) is 4. The van der Waals surface area contributed by atoms with Gasteiger partial charge in [0.05, 0.1) is 5.75 Å². The maximum atomic E-state index is 12.9. The molecule has 0 aliphatic carbocycles. The molecule has 0 atom stereocenters. The minimum Gasteiger partial charge on any atom is -0.469 e. The van der Waals surface area contributed by atoms with Crippen molar-refractivity contribution in [2.24, 2.45) is 0 Å². The largest absolute Gasteiger partial charge is 0.469 e. The molecular weight excluding hydrogens is 388 g/mol. The number of ether oxygens (including phenoxy) is 1. The van der Waals surface area contributed by atoms with Crippen LogP contribution >= 0.6 is 0 Å². The molecule has 0 N–H and O–H groups in total. The van der Waals surface area contributed by atoms with E-state index in [1.807, 2.05) is 50.2 Å². The third-order valence-electron chi connectivity index (χ3n) is 4.52. The fourth-order valence-corrected chi connectivity index (χ4v) is 4.28. The fraction of sp³-hybridized carbons (Fsp3) is 0.190. The first-order valence-electron chi connectivity index (χ1n) is 9.09. The zero-order valence-corrected chi connectivity index (χ0v) is 16.9. The number of sulfone groups is 1. The summed E-state index contributed by atoms with van der Waals surface area (Å²) in [6.07, 6.45) is 3.05. The van der Waals surface area contributed by atoms with Crippen molar-refractivity contribution < 1.29 is 13.2 Å². The van der Waals surface area contributed by atoms with Gasteiger partial charge in [0.25, 0.3) is 11.0 Å². The van der Waals surface area contributed by atoms with Crippen LogP contribution in [0.15, 0.2) is 66.1 Å². The van der Waals surface area contributed by atoms with Gasteiger partial charge in [-0.15, -0.1) is 10.2 Å². The molecule has 0 bridgehead atoms. The van der Waals surface area contributed by atoms with Crippen LogP contribution in [0.5, 0.6) is 5.88 Å². The van der Waals surface area contributed by atoms with Crippen molar-refractivity contribution in [2.45, 2.75) is 31.4 Å². The molecule has 4 aromatic rings. The van der Waals surface area contributed by atoms with Crippen LogP contribution in [0.3, 0.4) is 0 Å². The second kappa shape index (κ2) is 7.63. The number of benzene rings is 2. The Balaban J connectivity index is 1.61. The van der Waals surface area contributed by atoms with Gasteiger partial charge in [-0.1, -0.05) is 59.7 Å². The summed E-state index contributed by atoms with van der Waals surface area (Å²) in [6.45, 7) is 4.25. The average Bonchev–Trinajstić information content (AvgIpc) is 3.19. The highest BCUT2D eigenvalue weighted by Crippen LogP contribution is 2.21. The topological polar surface area (TPSA) is 86.5 Å². The van der Waals surface area contributed by atoms with Crippen molar-refractivity contribution in [2.75, 3.05) is 0 Å². The highest BCUT2D eigenvalue weighted by molar-refractivity contribution is 7.90. The number of aryl methyl sites for hydroxylation is 2. The molecule has 2 heterocycles. The first-order chi connectivity index (χ1) is 13.9. The number of aromatic nitrogens is 4. The minimum absolute atomic E-state index is 0.159. The van der Waals surface area contributed by atoms with Gasteiger partial charge in [0.1, 0.15) is 6.61 Å². The number of rotatable bonds is 6. The molecule has 0 unspecified atom stereocenters. The first-order valence-corrected chi connectivity index (χ1v) is 10.7. The van der Waals surface area contributed by atoms with Crippen molar-refractivity contribution in [3.63, 3.8) is 0 Å². The standard InChI is InChI=1S/C21H20N4O3S/c1-15-3-7-17(8-4-15)13-28-20-19-22-11-12-25(19)21(24-23-20)29(26,27)14-18-9-5-16(2)6-10-18/h3-12H,13-14H2,1-2H3. The Labute approximate surface area is 168 Å². The summed E-state index contributed by atoms with van der Waals surface area (Å²) in [7, 11) is -3.72. The Kier molecular flexibility index (Phi) is 5.02. The minimum atomic E-state index is -3.72. The van der Waals surface area contributed by atoms with Crippen LogP contribution in [0, 0.1) is 13.8 Å².